The van der Waals surface area contributed by atoms with Gasteiger partial charge in [-0.05, 0) is 42.0 Å². The van der Waals surface area contributed by atoms with Crippen molar-refractivity contribution in [2.24, 2.45) is 0 Å². The molecule has 0 saturated carbocycles. The van der Waals surface area contributed by atoms with Gasteiger partial charge >= 0.3 is 0 Å². The second-order valence-corrected chi connectivity index (χ2v) is 4.64. The van der Waals surface area contributed by atoms with Crippen LogP contribution in [0.2, 0.25) is 5.02 Å². The monoisotopic (exact) mass is 308 g/mol. The first-order valence-corrected chi connectivity index (χ1v) is 6.32. The molecule has 0 saturated heterocycles. The predicted molar refractivity (Wildman–Crippen MR) is 79.9 cm³/mol. The van der Waals surface area contributed by atoms with Gasteiger partial charge in [-0.1, -0.05) is 17.7 Å². The minimum atomic E-state index is -0.563. The van der Waals surface area contributed by atoms with E-state index in [-0.39, 0.29) is 10.7 Å². The number of rotatable bonds is 3. The Morgan fingerprint density at radius 3 is 2.52 bits per heavy atom. The summed E-state index contributed by atoms with van der Waals surface area (Å²) in [5.74, 6) is -1.51. The van der Waals surface area contributed by atoms with E-state index in [0.29, 0.717) is 11.3 Å². The molecule has 6 heteroatoms. The average molecular weight is 309 g/mol. The molecule has 0 spiro atoms. The van der Waals surface area contributed by atoms with Crippen LogP contribution in [0, 0.1) is 11.6 Å². The Bertz CT molecular complexity index is 717. The predicted octanol–water partition coefficient (Wildman–Crippen LogP) is 3.85. The van der Waals surface area contributed by atoms with Crippen LogP contribution < -0.4 is 11.1 Å². The fourth-order valence-corrected chi connectivity index (χ4v) is 1.78. The Labute approximate surface area is 125 Å². The van der Waals surface area contributed by atoms with Crippen molar-refractivity contribution in [1.29, 1.82) is 0 Å². The maximum absolute atomic E-state index is 13.0. The number of nitrogen functional groups attached to an aromatic ring is 1. The zero-order chi connectivity index (χ0) is 15.4. The van der Waals surface area contributed by atoms with E-state index in [9.17, 15) is 13.6 Å². The summed E-state index contributed by atoms with van der Waals surface area (Å²) in [4.78, 5) is 11.7. The molecule has 3 nitrogen and oxygen atoms in total. The third kappa shape index (κ3) is 4.03. The van der Waals surface area contributed by atoms with Crippen LogP contribution in [0.5, 0.6) is 0 Å². The molecule has 3 N–H and O–H groups in total. The fourth-order valence-electron chi connectivity index (χ4n) is 1.60. The number of nitrogens with two attached hydrogens (primary N) is 1. The summed E-state index contributed by atoms with van der Waals surface area (Å²) in [6.45, 7) is 0. The quantitative estimate of drug-likeness (QED) is 0.668. The van der Waals surface area contributed by atoms with Gasteiger partial charge in [0.15, 0.2) is 0 Å². The topological polar surface area (TPSA) is 55.1 Å². The lowest BCUT2D eigenvalue weighted by atomic mass is 10.2. The van der Waals surface area contributed by atoms with Gasteiger partial charge in [0.25, 0.3) is 0 Å². The maximum Gasteiger partial charge on any atom is 0.248 e. The standard InChI is InChI=1S/C15H11ClF2N2O/c16-11-8-10(3-5-12(11)17)20-15(21)6-2-9-1-4-13(18)14(19)7-9/h1-8H,19H2,(H,20,21)/b6-2+. The maximum atomic E-state index is 13.0. The molecule has 1 amide bonds. The number of carbonyl (C=O) groups is 1. The molecule has 0 heterocycles. The zero-order valence-electron chi connectivity index (χ0n) is 10.7. The van der Waals surface area contributed by atoms with E-state index >= 15 is 0 Å². The van der Waals surface area contributed by atoms with E-state index in [2.05, 4.69) is 5.32 Å². The number of hydrogen-bond donors (Lipinski definition) is 2. The lowest BCUT2D eigenvalue weighted by molar-refractivity contribution is -0.111. The van der Waals surface area contributed by atoms with Crippen LogP contribution in [0.1, 0.15) is 5.56 Å². The van der Waals surface area contributed by atoms with Crippen molar-refractivity contribution in [3.8, 4) is 0 Å². The Morgan fingerprint density at radius 2 is 1.86 bits per heavy atom. The molecule has 0 atom stereocenters. The van der Waals surface area contributed by atoms with E-state index in [1.54, 1.807) is 0 Å². The van der Waals surface area contributed by atoms with Crippen molar-refractivity contribution in [3.63, 3.8) is 0 Å². The highest BCUT2D eigenvalue weighted by Crippen LogP contribution is 2.19. The van der Waals surface area contributed by atoms with Gasteiger partial charge in [0, 0.05) is 11.8 Å². The SMILES string of the molecule is Nc1cc(/C=C/C(=O)Nc2ccc(F)c(Cl)c2)ccc1F. The first kappa shape index (κ1) is 15.0. The minimum Gasteiger partial charge on any atom is -0.396 e. The molecule has 21 heavy (non-hydrogen) atoms. The van der Waals surface area contributed by atoms with Gasteiger partial charge in [-0.25, -0.2) is 8.78 Å². The lowest BCUT2D eigenvalue weighted by Gasteiger charge is -2.03. The second kappa shape index (κ2) is 6.37. The molecule has 2 aromatic carbocycles. The average Bonchev–Trinajstić information content (AvgIpc) is 2.44. The van der Waals surface area contributed by atoms with Crippen molar-refractivity contribution >= 4 is 35.0 Å². The van der Waals surface area contributed by atoms with Crippen molar-refractivity contribution < 1.29 is 13.6 Å². The number of nitrogens with one attached hydrogen (secondary N) is 1. The van der Waals surface area contributed by atoms with Crippen molar-refractivity contribution in [2.45, 2.75) is 0 Å². The van der Waals surface area contributed by atoms with Crippen molar-refractivity contribution in [1.82, 2.24) is 0 Å². The van der Waals surface area contributed by atoms with E-state index in [0.717, 1.165) is 6.07 Å². The number of anilines is 2. The van der Waals surface area contributed by atoms with E-state index < -0.39 is 17.5 Å². The second-order valence-electron chi connectivity index (χ2n) is 4.23. The summed E-state index contributed by atoms with van der Waals surface area (Å²) in [6.07, 6.45) is 2.74. The van der Waals surface area contributed by atoms with Crippen LogP contribution >= 0.6 is 11.6 Å². The molecule has 2 rings (SSSR count). The molecular formula is C15H11ClF2N2O. The summed E-state index contributed by atoms with van der Waals surface area (Å²) in [7, 11) is 0. The number of benzene rings is 2. The molecule has 0 aliphatic rings. The molecule has 108 valence electrons. The van der Waals surface area contributed by atoms with Crippen LogP contribution in [0.4, 0.5) is 20.2 Å². The van der Waals surface area contributed by atoms with Gasteiger partial charge < -0.3 is 11.1 Å². The number of hydrogen-bond acceptors (Lipinski definition) is 2. The first-order valence-electron chi connectivity index (χ1n) is 5.95. The Balaban J connectivity index is 2.05. The molecular weight excluding hydrogens is 298 g/mol. The molecule has 0 unspecified atom stereocenters. The van der Waals surface area contributed by atoms with E-state index in [1.165, 1.54) is 42.5 Å². The van der Waals surface area contributed by atoms with Gasteiger partial charge in [-0.2, -0.15) is 0 Å². The molecule has 2 aromatic rings. The summed E-state index contributed by atoms with van der Waals surface area (Å²) in [5, 5.41) is 2.44. The number of halogens is 3. The Kier molecular flexibility index (Phi) is 4.55. The normalized spacial score (nSPS) is 10.8. The van der Waals surface area contributed by atoms with E-state index in [1.807, 2.05) is 0 Å². The molecule has 0 bridgehead atoms. The summed E-state index contributed by atoms with van der Waals surface area (Å²) in [6, 6.07) is 7.97. The number of amides is 1. The van der Waals surface area contributed by atoms with Crippen LogP contribution in [-0.2, 0) is 4.79 Å². The first-order chi connectivity index (χ1) is 9.95. The van der Waals surface area contributed by atoms with Crippen LogP contribution in [0.3, 0.4) is 0 Å². The van der Waals surface area contributed by atoms with Gasteiger partial charge in [0.2, 0.25) is 5.91 Å². The van der Waals surface area contributed by atoms with Crippen molar-refractivity contribution in [2.75, 3.05) is 11.1 Å². The van der Waals surface area contributed by atoms with Gasteiger partial charge in [0.1, 0.15) is 11.6 Å². The van der Waals surface area contributed by atoms with Crippen LogP contribution in [0.15, 0.2) is 42.5 Å². The Morgan fingerprint density at radius 1 is 1.14 bits per heavy atom. The third-order valence-electron chi connectivity index (χ3n) is 2.63. The zero-order valence-corrected chi connectivity index (χ0v) is 11.5. The van der Waals surface area contributed by atoms with Gasteiger partial charge in [0.05, 0.1) is 10.7 Å². The molecule has 0 aliphatic heterocycles. The summed E-state index contributed by atoms with van der Waals surface area (Å²) >= 11 is 5.61. The van der Waals surface area contributed by atoms with Gasteiger partial charge in [-0.15, -0.1) is 0 Å². The van der Waals surface area contributed by atoms with Crippen LogP contribution in [-0.4, -0.2) is 5.91 Å². The smallest absolute Gasteiger partial charge is 0.248 e. The van der Waals surface area contributed by atoms with E-state index in [4.69, 9.17) is 17.3 Å². The minimum absolute atomic E-state index is 0.00266. The highest BCUT2D eigenvalue weighted by molar-refractivity contribution is 6.31. The highest BCUT2D eigenvalue weighted by atomic mass is 35.5. The summed E-state index contributed by atoms with van der Waals surface area (Å²) in [5.41, 5.74) is 6.38. The van der Waals surface area contributed by atoms with Crippen LogP contribution in [0.25, 0.3) is 6.08 Å². The molecule has 0 radical (unpaired) electrons. The summed E-state index contributed by atoms with van der Waals surface area (Å²) < 4.78 is 26.0. The lowest BCUT2D eigenvalue weighted by Crippen LogP contribution is -2.07. The largest absolute Gasteiger partial charge is 0.396 e. The third-order valence-corrected chi connectivity index (χ3v) is 2.92. The molecule has 0 fully saturated rings. The fraction of sp³-hybridized carbons (Fsp3) is 0. The van der Waals surface area contributed by atoms with Crippen molar-refractivity contribution in [3.05, 3.63) is 64.7 Å². The van der Waals surface area contributed by atoms with Gasteiger partial charge in [-0.3, -0.25) is 4.79 Å². The number of carbonyl (C=O) groups excluding carboxylic acids is 1. The Hall–Kier alpha value is -2.40. The molecule has 0 aliphatic carbocycles. The molecule has 0 aromatic heterocycles. The highest BCUT2D eigenvalue weighted by Gasteiger charge is 2.03.